The SMILES string of the molecule is CCC1CCC(NC(=O)c2cccc(S(=O)(=O)NC(C)C)c2)(C(=O)O)CC1. The van der Waals surface area contributed by atoms with E-state index in [1.807, 2.05) is 0 Å². The third-order valence-corrected chi connectivity index (χ3v) is 6.75. The Morgan fingerprint density at radius 1 is 1.26 bits per heavy atom. The monoisotopic (exact) mass is 396 g/mol. The first-order chi connectivity index (χ1) is 12.6. The fourth-order valence-corrected chi connectivity index (χ4v) is 4.74. The van der Waals surface area contributed by atoms with Crippen molar-refractivity contribution in [3.8, 4) is 0 Å². The lowest BCUT2D eigenvalue weighted by Crippen LogP contribution is -2.56. The highest BCUT2D eigenvalue weighted by molar-refractivity contribution is 7.89. The summed E-state index contributed by atoms with van der Waals surface area (Å²) in [6.45, 7) is 5.49. The number of carbonyl (C=O) groups is 2. The molecule has 150 valence electrons. The van der Waals surface area contributed by atoms with Crippen molar-refractivity contribution in [2.45, 2.75) is 69.4 Å². The van der Waals surface area contributed by atoms with E-state index in [0.717, 1.165) is 19.3 Å². The first-order valence-corrected chi connectivity index (χ1v) is 10.8. The van der Waals surface area contributed by atoms with E-state index in [1.54, 1.807) is 13.8 Å². The van der Waals surface area contributed by atoms with Crippen molar-refractivity contribution in [3.63, 3.8) is 0 Å². The number of hydrogen-bond acceptors (Lipinski definition) is 4. The van der Waals surface area contributed by atoms with Gasteiger partial charge in [0, 0.05) is 11.6 Å². The second kappa shape index (κ2) is 8.39. The molecular formula is C19H28N2O5S. The summed E-state index contributed by atoms with van der Waals surface area (Å²) in [7, 11) is -3.74. The predicted octanol–water partition coefficient (Wildman–Crippen LogP) is 2.53. The highest BCUT2D eigenvalue weighted by atomic mass is 32.2. The quantitative estimate of drug-likeness (QED) is 0.655. The van der Waals surface area contributed by atoms with Gasteiger partial charge in [0.1, 0.15) is 5.54 Å². The largest absolute Gasteiger partial charge is 0.480 e. The maximum Gasteiger partial charge on any atom is 0.329 e. The average Bonchev–Trinajstić information content (AvgIpc) is 2.61. The Labute approximate surface area is 160 Å². The summed E-state index contributed by atoms with van der Waals surface area (Å²) in [4.78, 5) is 24.5. The Morgan fingerprint density at radius 3 is 2.41 bits per heavy atom. The van der Waals surface area contributed by atoms with Crippen LogP contribution in [0.15, 0.2) is 29.2 Å². The molecule has 1 aromatic rings. The summed E-state index contributed by atoms with van der Waals surface area (Å²) >= 11 is 0. The van der Waals surface area contributed by atoms with Gasteiger partial charge in [-0.25, -0.2) is 17.9 Å². The van der Waals surface area contributed by atoms with Gasteiger partial charge < -0.3 is 10.4 Å². The predicted molar refractivity (Wildman–Crippen MR) is 102 cm³/mol. The normalized spacial score (nSPS) is 23.2. The Kier molecular flexibility index (Phi) is 6.64. The summed E-state index contributed by atoms with van der Waals surface area (Å²) in [6, 6.07) is 5.35. The molecule has 0 aliphatic heterocycles. The van der Waals surface area contributed by atoms with Crippen molar-refractivity contribution in [3.05, 3.63) is 29.8 Å². The smallest absolute Gasteiger partial charge is 0.329 e. The van der Waals surface area contributed by atoms with Crippen molar-refractivity contribution in [1.29, 1.82) is 0 Å². The molecule has 0 radical (unpaired) electrons. The van der Waals surface area contributed by atoms with Crippen LogP contribution in [0.1, 0.15) is 63.2 Å². The first-order valence-electron chi connectivity index (χ1n) is 9.28. The van der Waals surface area contributed by atoms with Gasteiger partial charge in [-0.3, -0.25) is 4.79 Å². The van der Waals surface area contributed by atoms with Gasteiger partial charge >= 0.3 is 5.97 Å². The van der Waals surface area contributed by atoms with Gasteiger partial charge in [-0.05, 0) is 63.6 Å². The van der Waals surface area contributed by atoms with E-state index in [2.05, 4.69) is 17.0 Å². The van der Waals surface area contributed by atoms with Crippen molar-refractivity contribution in [2.75, 3.05) is 0 Å². The molecule has 1 aliphatic carbocycles. The Hall–Kier alpha value is -1.93. The molecule has 0 spiro atoms. The van der Waals surface area contributed by atoms with Crippen LogP contribution in [0.5, 0.6) is 0 Å². The standard InChI is InChI=1S/C19H28N2O5S/c1-4-14-8-10-19(11-9-14,18(23)24)20-17(22)15-6-5-7-16(12-15)27(25,26)21-13(2)3/h5-7,12-14,21H,4,8-11H2,1-3H3,(H,20,22)(H,23,24). The molecule has 1 amide bonds. The van der Waals surface area contributed by atoms with E-state index < -0.39 is 27.4 Å². The maximum atomic E-state index is 12.7. The van der Waals surface area contributed by atoms with Crippen molar-refractivity contribution < 1.29 is 23.1 Å². The van der Waals surface area contributed by atoms with E-state index in [-0.39, 0.29) is 16.5 Å². The highest BCUT2D eigenvalue weighted by Gasteiger charge is 2.43. The fourth-order valence-electron chi connectivity index (χ4n) is 3.44. The van der Waals surface area contributed by atoms with Crippen LogP contribution < -0.4 is 10.0 Å². The number of aliphatic carboxylic acids is 1. The minimum atomic E-state index is -3.74. The summed E-state index contributed by atoms with van der Waals surface area (Å²) < 4.78 is 27.1. The summed E-state index contributed by atoms with van der Waals surface area (Å²) in [6.07, 6.45) is 3.23. The Balaban J connectivity index is 2.22. The number of carboxylic acid groups (broad SMARTS) is 1. The zero-order chi connectivity index (χ0) is 20.2. The minimum Gasteiger partial charge on any atom is -0.480 e. The van der Waals surface area contributed by atoms with Crippen LogP contribution in [0.3, 0.4) is 0 Å². The third-order valence-electron chi connectivity index (χ3n) is 5.10. The van der Waals surface area contributed by atoms with Crippen LogP contribution in [0.4, 0.5) is 0 Å². The number of carboxylic acids is 1. The van der Waals surface area contributed by atoms with Gasteiger partial charge in [-0.2, -0.15) is 0 Å². The van der Waals surface area contributed by atoms with Crippen LogP contribution in [0, 0.1) is 5.92 Å². The summed E-state index contributed by atoms with van der Waals surface area (Å²) in [5.74, 6) is -1.14. The second-order valence-electron chi connectivity index (χ2n) is 7.50. The molecular weight excluding hydrogens is 368 g/mol. The van der Waals surface area contributed by atoms with E-state index in [9.17, 15) is 23.1 Å². The van der Waals surface area contributed by atoms with E-state index in [1.165, 1.54) is 24.3 Å². The van der Waals surface area contributed by atoms with Gasteiger partial charge in [0.05, 0.1) is 4.90 Å². The van der Waals surface area contributed by atoms with Crippen LogP contribution in [0.2, 0.25) is 0 Å². The lowest BCUT2D eigenvalue weighted by molar-refractivity contribution is -0.146. The molecule has 1 fully saturated rings. The zero-order valence-electron chi connectivity index (χ0n) is 16.0. The van der Waals surface area contributed by atoms with Crippen LogP contribution >= 0.6 is 0 Å². The molecule has 0 saturated heterocycles. The second-order valence-corrected chi connectivity index (χ2v) is 9.21. The summed E-state index contributed by atoms with van der Waals surface area (Å²) in [5, 5.41) is 12.4. The fraction of sp³-hybridized carbons (Fsp3) is 0.579. The van der Waals surface area contributed by atoms with Crippen LogP contribution in [-0.4, -0.2) is 37.0 Å². The number of nitrogens with one attached hydrogen (secondary N) is 2. The molecule has 1 saturated carbocycles. The molecule has 27 heavy (non-hydrogen) atoms. The van der Waals surface area contributed by atoms with E-state index >= 15 is 0 Å². The average molecular weight is 397 g/mol. The lowest BCUT2D eigenvalue weighted by atomic mass is 9.75. The zero-order valence-corrected chi connectivity index (χ0v) is 16.8. The van der Waals surface area contributed by atoms with E-state index in [4.69, 9.17) is 0 Å². The van der Waals surface area contributed by atoms with Crippen molar-refractivity contribution >= 4 is 21.9 Å². The molecule has 0 bridgehead atoms. The molecule has 0 atom stereocenters. The first kappa shape index (κ1) is 21.4. The number of hydrogen-bond donors (Lipinski definition) is 3. The van der Waals surface area contributed by atoms with Gasteiger partial charge in [-0.15, -0.1) is 0 Å². The molecule has 3 N–H and O–H groups in total. The van der Waals surface area contributed by atoms with Crippen molar-refractivity contribution in [1.82, 2.24) is 10.0 Å². The van der Waals surface area contributed by atoms with Gasteiger partial charge in [0.15, 0.2) is 0 Å². The third kappa shape index (κ3) is 5.07. The van der Waals surface area contributed by atoms with Crippen LogP contribution in [-0.2, 0) is 14.8 Å². The minimum absolute atomic E-state index is 0.0251. The number of amides is 1. The molecule has 1 aromatic carbocycles. The number of sulfonamides is 1. The van der Waals surface area contributed by atoms with Crippen LogP contribution in [0.25, 0.3) is 0 Å². The summed E-state index contributed by atoms with van der Waals surface area (Å²) in [5.41, 5.74) is -1.17. The highest BCUT2D eigenvalue weighted by Crippen LogP contribution is 2.34. The van der Waals surface area contributed by atoms with Gasteiger partial charge in [-0.1, -0.05) is 19.4 Å². The number of carbonyl (C=O) groups excluding carboxylic acids is 1. The maximum absolute atomic E-state index is 12.7. The molecule has 7 nitrogen and oxygen atoms in total. The number of benzene rings is 1. The topological polar surface area (TPSA) is 113 Å². The molecule has 1 aliphatic rings. The Bertz CT molecular complexity index is 796. The molecule has 8 heteroatoms. The number of rotatable bonds is 7. The van der Waals surface area contributed by atoms with E-state index in [0.29, 0.717) is 18.8 Å². The molecule has 0 unspecified atom stereocenters. The molecule has 0 aromatic heterocycles. The lowest BCUT2D eigenvalue weighted by Gasteiger charge is -2.37. The van der Waals surface area contributed by atoms with Gasteiger partial charge in [0.25, 0.3) is 5.91 Å². The van der Waals surface area contributed by atoms with Crippen molar-refractivity contribution in [2.24, 2.45) is 5.92 Å². The van der Waals surface area contributed by atoms with Gasteiger partial charge in [0.2, 0.25) is 10.0 Å². The Morgan fingerprint density at radius 2 is 1.89 bits per heavy atom. The molecule has 0 heterocycles. The molecule has 2 rings (SSSR count).